The van der Waals surface area contributed by atoms with Gasteiger partial charge in [-0.2, -0.15) is 0 Å². The number of phenolic OH excluding ortho intramolecular Hbond substituents is 1. The minimum absolute atomic E-state index is 0.0974. The molecule has 0 aliphatic heterocycles. The molecule has 1 atom stereocenters. The minimum atomic E-state index is -1.39. The quantitative estimate of drug-likeness (QED) is 0.585. The van der Waals surface area contributed by atoms with Crippen LogP contribution >= 0.6 is 0 Å². The van der Waals surface area contributed by atoms with E-state index in [1.165, 1.54) is 37.7 Å². The third kappa shape index (κ3) is 3.38. The Hall–Kier alpha value is -2.58. The van der Waals surface area contributed by atoms with Crippen molar-refractivity contribution in [3.05, 3.63) is 101 Å². The van der Waals surface area contributed by atoms with Crippen LogP contribution in [0.5, 0.6) is 5.75 Å². The van der Waals surface area contributed by atoms with Crippen LogP contribution in [-0.2, 0) is 5.60 Å². The van der Waals surface area contributed by atoms with E-state index in [2.05, 4.69) is 12.1 Å². The maximum Gasteiger partial charge on any atom is 0.144 e. The molecular formula is C25H26O2. The smallest absolute Gasteiger partial charge is 0.144 e. The van der Waals surface area contributed by atoms with E-state index in [1.54, 1.807) is 18.2 Å². The molecule has 27 heavy (non-hydrogen) atoms. The van der Waals surface area contributed by atoms with Crippen LogP contribution in [0.3, 0.4) is 0 Å². The molecule has 3 aromatic carbocycles. The second-order valence-electron chi connectivity index (χ2n) is 7.55. The Bertz CT molecular complexity index is 880. The maximum atomic E-state index is 11.8. The lowest BCUT2D eigenvalue weighted by Crippen LogP contribution is -2.29. The highest BCUT2D eigenvalue weighted by molar-refractivity contribution is 5.52. The molecule has 0 aromatic heterocycles. The van der Waals surface area contributed by atoms with Gasteiger partial charge in [-0.25, -0.2) is 0 Å². The van der Waals surface area contributed by atoms with Crippen molar-refractivity contribution < 1.29 is 10.2 Å². The fourth-order valence-electron chi connectivity index (χ4n) is 4.37. The van der Waals surface area contributed by atoms with Gasteiger partial charge in [-0.1, -0.05) is 92.1 Å². The van der Waals surface area contributed by atoms with Crippen LogP contribution in [-0.4, -0.2) is 10.2 Å². The summed E-state index contributed by atoms with van der Waals surface area (Å²) in [5.74, 6) is 0.725. The van der Waals surface area contributed by atoms with Crippen molar-refractivity contribution in [1.29, 1.82) is 0 Å². The Morgan fingerprint density at radius 1 is 0.667 bits per heavy atom. The summed E-state index contributed by atoms with van der Waals surface area (Å²) in [6, 6.07) is 24.9. The van der Waals surface area contributed by atoms with Crippen LogP contribution in [0.25, 0.3) is 0 Å². The molecule has 0 saturated heterocycles. The zero-order chi connectivity index (χ0) is 18.7. The van der Waals surface area contributed by atoms with Crippen molar-refractivity contribution in [2.45, 2.75) is 43.6 Å². The van der Waals surface area contributed by atoms with Gasteiger partial charge in [-0.3, -0.25) is 0 Å². The molecular weight excluding hydrogens is 332 g/mol. The average molecular weight is 358 g/mol. The van der Waals surface area contributed by atoms with Gasteiger partial charge in [0.05, 0.1) is 0 Å². The van der Waals surface area contributed by atoms with Gasteiger partial charge < -0.3 is 10.2 Å². The zero-order valence-electron chi connectivity index (χ0n) is 15.5. The van der Waals surface area contributed by atoms with Crippen LogP contribution in [0, 0.1) is 0 Å². The summed E-state index contributed by atoms with van der Waals surface area (Å²) in [6.45, 7) is 0. The average Bonchev–Trinajstić information content (AvgIpc) is 2.75. The maximum absolute atomic E-state index is 11.8. The Morgan fingerprint density at radius 2 is 1.26 bits per heavy atom. The van der Waals surface area contributed by atoms with E-state index in [9.17, 15) is 10.2 Å². The molecule has 138 valence electrons. The highest BCUT2D eigenvalue weighted by atomic mass is 16.3. The predicted octanol–water partition coefficient (Wildman–Crippen LogP) is 5.72. The van der Waals surface area contributed by atoms with Crippen molar-refractivity contribution in [2.75, 3.05) is 0 Å². The molecule has 1 fully saturated rings. The molecule has 4 rings (SSSR count). The van der Waals surface area contributed by atoms with Crippen molar-refractivity contribution >= 4 is 0 Å². The van der Waals surface area contributed by atoms with Gasteiger partial charge in [-0.15, -0.1) is 0 Å². The molecule has 0 radical (unpaired) electrons. The standard InChI is InChI=1S/C25H26O2/c26-24-14-8-7-13-23(24)25(27,21-11-5-2-6-12-21)22-17-15-20(16-18-22)19-9-3-1-4-10-19/h2,5-8,11-19,26-27H,1,3-4,9-10H2. The summed E-state index contributed by atoms with van der Waals surface area (Å²) in [5, 5.41) is 22.3. The molecule has 1 aliphatic carbocycles. The number of phenols is 1. The molecule has 0 bridgehead atoms. The number of benzene rings is 3. The third-order valence-corrected chi connectivity index (χ3v) is 5.89. The Balaban J connectivity index is 1.79. The highest BCUT2D eigenvalue weighted by Gasteiger charge is 2.36. The summed E-state index contributed by atoms with van der Waals surface area (Å²) in [6.07, 6.45) is 6.45. The highest BCUT2D eigenvalue weighted by Crippen LogP contribution is 2.41. The summed E-state index contributed by atoms with van der Waals surface area (Å²) in [5.41, 5.74) is 1.98. The summed E-state index contributed by atoms with van der Waals surface area (Å²) >= 11 is 0. The number of aromatic hydroxyl groups is 1. The first-order chi connectivity index (χ1) is 13.2. The minimum Gasteiger partial charge on any atom is -0.508 e. The van der Waals surface area contributed by atoms with Gasteiger partial charge in [0.25, 0.3) is 0 Å². The lowest BCUT2D eigenvalue weighted by molar-refractivity contribution is 0.122. The second-order valence-corrected chi connectivity index (χ2v) is 7.55. The molecule has 2 nitrogen and oxygen atoms in total. The second kappa shape index (κ2) is 7.58. The topological polar surface area (TPSA) is 40.5 Å². The number of rotatable bonds is 4. The predicted molar refractivity (Wildman–Crippen MR) is 109 cm³/mol. The van der Waals surface area contributed by atoms with Crippen LogP contribution in [0.2, 0.25) is 0 Å². The van der Waals surface area contributed by atoms with Crippen LogP contribution in [0.4, 0.5) is 0 Å². The lowest BCUT2D eigenvalue weighted by atomic mass is 9.78. The van der Waals surface area contributed by atoms with E-state index in [-0.39, 0.29) is 5.75 Å². The van der Waals surface area contributed by atoms with E-state index in [1.807, 2.05) is 48.5 Å². The van der Waals surface area contributed by atoms with Crippen LogP contribution in [0.15, 0.2) is 78.9 Å². The first-order valence-corrected chi connectivity index (χ1v) is 9.86. The summed E-state index contributed by atoms with van der Waals surface area (Å²) in [7, 11) is 0. The van der Waals surface area contributed by atoms with Crippen molar-refractivity contribution in [3.63, 3.8) is 0 Å². The molecule has 1 unspecified atom stereocenters. The number of hydrogen-bond acceptors (Lipinski definition) is 2. The SMILES string of the molecule is Oc1ccccc1C(O)(c1ccccc1)c1ccc(C2CCCCC2)cc1. The first-order valence-electron chi connectivity index (χ1n) is 9.86. The molecule has 2 heteroatoms. The monoisotopic (exact) mass is 358 g/mol. The van der Waals surface area contributed by atoms with Gasteiger partial charge in [0.2, 0.25) is 0 Å². The van der Waals surface area contributed by atoms with E-state index < -0.39 is 5.60 Å². The summed E-state index contributed by atoms with van der Waals surface area (Å²) in [4.78, 5) is 0. The number of aliphatic hydroxyl groups is 1. The van der Waals surface area contributed by atoms with Gasteiger partial charge in [0.15, 0.2) is 0 Å². The zero-order valence-corrected chi connectivity index (χ0v) is 15.5. The Kier molecular flexibility index (Phi) is 5.00. The van der Waals surface area contributed by atoms with Gasteiger partial charge >= 0.3 is 0 Å². The van der Waals surface area contributed by atoms with Gasteiger partial charge in [-0.05, 0) is 41.5 Å². The van der Waals surface area contributed by atoms with E-state index in [0.29, 0.717) is 11.5 Å². The molecule has 1 saturated carbocycles. The van der Waals surface area contributed by atoms with Crippen molar-refractivity contribution in [2.24, 2.45) is 0 Å². The van der Waals surface area contributed by atoms with E-state index in [4.69, 9.17) is 0 Å². The first kappa shape index (κ1) is 17.8. The molecule has 1 aliphatic rings. The molecule has 0 spiro atoms. The van der Waals surface area contributed by atoms with Crippen molar-refractivity contribution in [3.8, 4) is 5.75 Å². The lowest BCUT2D eigenvalue weighted by Gasteiger charge is -2.31. The molecule has 0 heterocycles. The number of hydrogen-bond donors (Lipinski definition) is 2. The van der Waals surface area contributed by atoms with Gasteiger partial charge in [0.1, 0.15) is 11.4 Å². The third-order valence-electron chi connectivity index (χ3n) is 5.89. The number of para-hydroxylation sites is 1. The normalized spacial score (nSPS) is 17.4. The Morgan fingerprint density at radius 3 is 1.93 bits per heavy atom. The Labute approximate surface area is 161 Å². The van der Waals surface area contributed by atoms with Crippen LogP contribution < -0.4 is 0 Å². The van der Waals surface area contributed by atoms with E-state index >= 15 is 0 Å². The van der Waals surface area contributed by atoms with Gasteiger partial charge in [0, 0.05) is 5.56 Å². The fraction of sp³-hybridized carbons (Fsp3) is 0.280. The largest absolute Gasteiger partial charge is 0.508 e. The molecule has 3 aromatic rings. The van der Waals surface area contributed by atoms with Crippen molar-refractivity contribution in [1.82, 2.24) is 0 Å². The van der Waals surface area contributed by atoms with Crippen LogP contribution in [0.1, 0.15) is 60.3 Å². The fourth-order valence-corrected chi connectivity index (χ4v) is 4.37. The van der Waals surface area contributed by atoms with E-state index in [0.717, 1.165) is 11.1 Å². The molecule has 2 N–H and O–H groups in total. The summed E-state index contributed by atoms with van der Waals surface area (Å²) < 4.78 is 0. The molecule has 0 amide bonds.